The predicted molar refractivity (Wildman–Crippen MR) is 127 cm³/mol. The van der Waals surface area contributed by atoms with Crippen LogP contribution in [-0.4, -0.2) is 61.0 Å². The van der Waals surface area contributed by atoms with Gasteiger partial charge in [-0.3, -0.25) is 4.79 Å². The summed E-state index contributed by atoms with van der Waals surface area (Å²) in [6, 6.07) is 4.00. The van der Waals surface area contributed by atoms with Crippen molar-refractivity contribution in [2.75, 3.05) is 13.1 Å². The molecular formula is C25H36F2N2O5S. The SMILES string of the molecule is Cc1ccc(S(=O)(=O)N2CCC[C@H]2C(=O)O)c(O[C@@H]2CCC[C@@H]2CCNC2CCC(F)(F)CC2)c1. The van der Waals surface area contributed by atoms with Gasteiger partial charge in [-0.15, -0.1) is 0 Å². The van der Waals surface area contributed by atoms with Crippen LogP contribution in [0.5, 0.6) is 5.75 Å². The van der Waals surface area contributed by atoms with E-state index in [-0.39, 0.29) is 48.1 Å². The van der Waals surface area contributed by atoms with E-state index in [4.69, 9.17) is 4.74 Å². The highest BCUT2D eigenvalue weighted by molar-refractivity contribution is 7.89. The molecule has 0 spiro atoms. The van der Waals surface area contributed by atoms with Gasteiger partial charge in [0.05, 0.1) is 0 Å². The van der Waals surface area contributed by atoms with Crippen LogP contribution in [-0.2, 0) is 14.8 Å². The van der Waals surface area contributed by atoms with E-state index in [0.717, 1.165) is 35.6 Å². The number of carboxylic acid groups (broad SMARTS) is 1. The molecule has 1 heterocycles. The number of nitrogens with zero attached hydrogens (tertiary/aromatic N) is 1. The summed E-state index contributed by atoms with van der Waals surface area (Å²) in [6.07, 6.45) is 5.09. The Balaban J connectivity index is 1.42. The van der Waals surface area contributed by atoms with E-state index in [2.05, 4.69) is 5.32 Å². The Bertz CT molecular complexity index is 1010. The summed E-state index contributed by atoms with van der Waals surface area (Å²) in [4.78, 5) is 11.6. The number of halogens is 2. The molecular weight excluding hydrogens is 478 g/mol. The molecule has 7 nitrogen and oxygen atoms in total. The molecule has 2 saturated carbocycles. The summed E-state index contributed by atoms with van der Waals surface area (Å²) in [7, 11) is -4.03. The zero-order valence-electron chi connectivity index (χ0n) is 20.2. The van der Waals surface area contributed by atoms with Crippen molar-refractivity contribution in [3.05, 3.63) is 23.8 Å². The Hall–Kier alpha value is -1.78. The molecule has 1 saturated heterocycles. The van der Waals surface area contributed by atoms with E-state index in [0.29, 0.717) is 32.2 Å². The van der Waals surface area contributed by atoms with Crippen LogP contribution in [0.4, 0.5) is 8.78 Å². The third-order valence-corrected chi connectivity index (χ3v) is 9.66. The average molecular weight is 515 g/mol. The summed E-state index contributed by atoms with van der Waals surface area (Å²) in [5, 5.41) is 12.9. The van der Waals surface area contributed by atoms with Crippen molar-refractivity contribution in [2.45, 2.75) is 100 Å². The van der Waals surface area contributed by atoms with Crippen molar-refractivity contribution >= 4 is 16.0 Å². The van der Waals surface area contributed by atoms with Crippen LogP contribution in [0.2, 0.25) is 0 Å². The first kappa shape index (κ1) is 26.3. The summed E-state index contributed by atoms with van der Waals surface area (Å²) in [5.41, 5.74) is 0.862. The van der Waals surface area contributed by atoms with E-state index >= 15 is 0 Å². The van der Waals surface area contributed by atoms with Crippen molar-refractivity contribution in [1.82, 2.24) is 9.62 Å². The number of hydrogen-bond donors (Lipinski definition) is 2. The van der Waals surface area contributed by atoms with Gasteiger partial charge in [0, 0.05) is 25.4 Å². The number of benzene rings is 1. The molecule has 0 radical (unpaired) electrons. The number of aliphatic carboxylic acids is 1. The van der Waals surface area contributed by atoms with Crippen molar-refractivity contribution in [3.63, 3.8) is 0 Å². The zero-order chi connectivity index (χ0) is 25.2. The largest absolute Gasteiger partial charge is 0.489 e. The summed E-state index contributed by atoms with van der Waals surface area (Å²) in [6.45, 7) is 2.76. The Morgan fingerprint density at radius 2 is 1.91 bits per heavy atom. The van der Waals surface area contributed by atoms with Gasteiger partial charge in [0.15, 0.2) is 0 Å². The lowest BCUT2D eigenvalue weighted by Crippen LogP contribution is -2.40. The lowest BCUT2D eigenvalue weighted by molar-refractivity contribution is -0.140. The Morgan fingerprint density at radius 3 is 2.63 bits per heavy atom. The number of carbonyl (C=O) groups is 1. The highest BCUT2D eigenvalue weighted by Gasteiger charge is 2.41. The molecule has 1 aromatic rings. The number of alkyl halides is 2. The number of sulfonamides is 1. The number of ether oxygens (including phenoxy) is 1. The van der Waals surface area contributed by atoms with Crippen LogP contribution in [0.25, 0.3) is 0 Å². The second kappa shape index (κ2) is 10.7. The smallest absolute Gasteiger partial charge is 0.322 e. The summed E-state index contributed by atoms with van der Waals surface area (Å²) in [5.74, 6) is -3.15. The van der Waals surface area contributed by atoms with Crippen LogP contribution >= 0.6 is 0 Å². The monoisotopic (exact) mass is 514 g/mol. The number of nitrogens with one attached hydrogen (secondary N) is 1. The highest BCUT2D eigenvalue weighted by Crippen LogP contribution is 2.37. The van der Waals surface area contributed by atoms with E-state index in [1.165, 1.54) is 6.07 Å². The minimum atomic E-state index is -4.03. The van der Waals surface area contributed by atoms with Crippen molar-refractivity contribution in [3.8, 4) is 5.75 Å². The van der Waals surface area contributed by atoms with Crippen LogP contribution in [0.3, 0.4) is 0 Å². The Morgan fingerprint density at radius 1 is 1.17 bits per heavy atom. The quantitative estimate of drug-likeness (QED) is 0.509. The van der Waals surface area contributed by atoms with Crippen LogP contribution < -0.4 is 10.1 Å². The van der Waals surface area contributed by atoms with Gasteiger partial charge in [-0.05, 0) is 88.4 Å². The van der Waals surface area contributed by atoms with Gasteiger partial charge >= 0.3 is 5.97 Å². The maximum absolute atomic E-state index is 13.4. The van der Waals surface area contributed by atoms with Crippen LogP contribution in [0.15, 0.2) is 23.1 Å². The van der Waals surface area contributed by atoms with E-state index < -0.39 is 28.0 Å². The second-order valence-electron chi connectivity index (χ2n) is 10.3. The topological polar surface area (TPSA) is 95.9 Å². The van der Waals surface area contributed by atoms with E-state index in [1.807, 2.05) is 6.92 Å². The molecule has 0 amide bonds. The fourth-order valence-electron chi connectivity index (χ4n) is 5.69. The molecule has 0 unspecified atom stereocenters. The minimum absolute atomic E-state index is 0.0168. The zero-order valence-corrected chi connectivity index (χ0v) is 21.0. The number of carboxylic acids is 1. The molecule has 3 atom stereocenters. The lowest BCUT2D eigenvalue weighted by Gasteiger charge is -2.30. The van der Waals surface area contributed by atoms with Crippen molar-refractivity contribution in [1.29, 1.82) is 0 Å². The second-order valence-corrected chi connectivity index (χ2v) is 12.1. The molecule has 35 heavy (non-hydrogen) atoms. The highest BCUT2D eigenvalue weighted by atomic mass is 32.2. The van der Waals surface area contributed by atoms with Crippen molar-refractivity contribution in [2.24, 2.45) is 5.92 Å². The van der Waals surface area contributed by atoms with Gasteiger partial charge < -0.3 is 15.2 Å². The maximum Gasteiger partial charge on any atom is 0.322 e. The van der Waals surface area contributed by atoms with Crippen molar-refractivity contribution < 1.29 is 31.8 Å². The summed E-state index contributed by atoms with van der Waals surface area (Å²) >= 11 is 0. The van der Waals surface area contributed by atoms with Gasteiger partial charge in [-0.25, -0.2) is 17.2 Å². The average Bonchev–Trinajstić information content (AvgIpc) is 3.45. The first-order valence-electron chi connectivity index (χ1n) is 12.7. The molecule has 3 fully saturated rings. The molecule has 2 aliphatic carbocycles. The van der Waals surface area contributed by atoms with Gasteiger partial charge in [0.25, 0.3) is 0 Å². The van der Waals surface area contributed by atoms with Crippen LogP contribution in [0, 0.1) is 12.8 Å². The number of rotatable bonds is 9. The number of aryl methyl sites for hydroxylation is 1. The predicted octanol–water partition coefficient (Wildman–Crippen LogP) is 4.34. The third-order valence-electron chi connectivity index (χ3n) is 7.71. The molecule has 196 valence electrons. The first-order chi connectivity index (χ1) is 16.6. The maximum atomic E-state index is 13.4. The van der Waals surface area contributed by atoms with Crippen LogP contribution in [0.1, 0.15) is 69.8 Å². The van der Waals surface area contributed by atoms with E-state index in [9.17, 15) is 27.1 Å². The molecule has 3 aliphatic rings. The molecule has 1 aromatic carbocycles. The normalized spacial score (nSPS) is 27.8. The fraction of sp³-hybridized carbons (Fsp3) is 0.720. The summed E-state index contributed by atoms with van der Waals surface area (Å²) < 4.78 is 61.1. The lowest BCUT2D eigenvalue weighted by atomic mass is 9.92. The van der Waals surface area contributed by atoms with E-state index in [1.54, 1.807) is 12.1 Å². The standard InChI is InChI=1S/C25H36F2N2O5S/c1-17-7-8-23(35(32,33)29-15-3-5-20(29)24(30)31)22(16-17)34-21-6-2-4-18(21)11-14-28-19-9-12-25(26,27)13-10-19/h7-8,16,18-21,28H,2-6,9-15H2,1H3,(H,30,31)/t18-,20+,21-/m1/s1. The van der Waals surface area contributed by atoms with Gasteiger partial charge in [-0.1, -0.05) is 6.07 Å². The molecule has 2 N–H and O–H groups in total. The third kappa shape index (κ3) is 6.14. The minimum Gasteiger partial charge on any atom is -0.489 e. The Kier molecular flexibility index (Phi) is 8.02. The fourth-order valence-corrected chi connectivity index (χ4v) is 7.44. The Labute approximate surface area is 206 Å². The molecule has 4 rings (SSSR count). The molecule has 0 bridgehead atoms. The van der Waals surface area contributed by atoms with Gasteiger partial charge in [0.1, 0.15) is 22.8 Å². The molecule has 0 aromatic heterocycles. The molecule has 1 aliphatic heterocycles. The van der Waals surface area contributed by atoms with Gasteiger partial charge in [0.2, 0.25) is 15.9 Å². The number of hydrogen-bond acceptors (Lipinski definition) is 5. The molecule has 10 heteroatoms. The first-order valence-corrected chi connectivity index (χ1v) is 14.1. The van der Waals surface area contributed by atoms with Gasteiger partial charge in [-0.2, -0.15) is 4.31 Å².